The molecule has 1 N–H and O–H groups in total. The summed E-state index contributed by atoms with van der Waals surface area (Å²) in [5.74, 6) is -1.53. The van der Waals surface area contributed by atoms with Crippen molar-refractivity contribution in [3.8, 4) is 0 Å². The molecule has 3 fully saturated rings. The number of hydrogen-bond donors (Lipinski definition) is 1. The number of rotatable bonds is 1. The molecule has 0 aromatic carbocycles. The fraction of sp³-hybridized carbons (Fsp3) is 0.727. The van der Waals surface area contributed by atoms with Crippen molar-refractivity contribution in [1.82, 2.24) is 4.90 Å². The molecule has 1 amide bonds. The van der Waals surface area contributed by atoms with Gasteiger partial charge in [-0.05, 0) is 61.7 Å². The molecule has 0 aliphatic heterocycles. The van der Waals surface area contributed by atoms with Crippen molar-refractivity contribution in [3.63, 3.8) is 0 Å². The van der Waals surface area contributed by atoms with E-state index in [4.69, 9.17) is 0 Å². The first kappa shape index (κ1) is 19.7. The predicted octanol–water partition coefficient (Wildman–Crippen LogP) is 3.01. The molecular formula is C22H29F2NO3. The van der Waals surface area contributed by atoms with Crippen LogP contribution in [0.2, 0.25) is 0 Å². The Labute approximate surface area is 164 Å². The summed E-state index contributed by atoms with van der Waals surface area (Å²) in [5.41, 5.74) is -3.83. The van der Waals surface area contributed by atoms with Gasteiger partial charge in [0.2, 0.25) is 5.91 Å². The van der Waals surface area contributed by atoms with Crippen LogP contribution in [0.3, 0.4) is 0 Å². The fourth-order valence-electron chi connectivity index (χ4n) is 6.92. The van der Waals surface area contributed by atoms with Gasteiger partial charge in [0.1, 0.15) is 6.17 Å². The molecule has 8 atom stereocenters. The number of allylic oxidation sites excluding steroid dienone is 4. The van der Waals surface area contributed by atoms with E-state index >= 15 is 8.78 Å². The average Bonchev–Trinajstić information content (AvgIpc) is 2.95. The molecule has 3 saturated carbocycles. The van der Waals surface area contributed by atoms with Gasteiger partial charge in [0.15, 0.2) is 11.5 Å². The average molecular weight is 393 g/mol. The molecule has 0 bridgehead atoms. The summed E-state index contributed by atoms with van der Waals surface area (Å²) in [7, 11) is 3.41. The first-order valence-corrected chi connectivity index (χ1v) is 10.1. The van der Waals surface area contributed by atoms with Crippen LogP contribution in [0.4, 0.5) is 8.78 Å². The number of aliphatic hydroxyl groups excluding tert-OH is 1. The highest BCUT2D eigenvalue weighted by Gasteiger charge is 2.72. The van der Waals surface area contributed by atoms with Crippen molar-refractivity contribution in [1.29, 1.82) is 0 Å². The van der Waals surface area contributed by atoms with E-state index in [2.05, 4.69) is 0 Å². The van der Waals surface area contributed by atoms with Crippen molar-refractivity contribution in [3.05, 3.63) is 23.8 Å². The number of ketones is 1. The van der Waals surface area contributed by atoms with Gasteiger partial charge in [0.05, 0.1) is 6.10 Å². The van der Waals surface area contributed by atoms with Gasteiger partial charge >= 0.3 is 0 Å². The zero-order valence-corrected chi connectivity index (χ0v) is 16.9. The molecule has 4 aliphatic carbocycles. The van der Waals surface area contributed by atoms with E-state index in [1.807, 2.05) is 6.92 Å². The Bertz CT molecular complexity index is 793. The lowest BCUT2D eigenvalue weighted by Gasteiger charge is -2.62. The van der Waals surface area contributed by atoms with Crippen molar-refractivity contribution in [2.75, 3.05) is 14.1 Å². The number of alkyl halides is 2. The summed E-state index contributed by atoms with van der Waals surface area (Å²) in [4.78, 5) is 26.1. The smallest absolute Gasteiger partial charge is 0.225 e. The second-order valence-electron chi connectivity index (χ2n) is 9.81. The monoisotopic (exact) mass is 393 g/mol. The van der Waals surface area contributed by atoms with E-state index in [-0.39, 0.29) is 41.9 Å². The van der Waals surface area contributed by atoms with E-state index in [1.165, 1.54) is 18.2 Å². The van der Waals surface area contributed by atoms with Crippen LogP contribution in [0.15, 0.2) is 23.8 Å². The molecular weight excluding hydrogens is 364 g/mol. The van der Waals surface area contributed by atoms with Crippen LogP contribution >= 0.6 is 0 Å². The van der Waals surface area contributed by atoms with Crippen molar-refractivity contribution < 1.29 is 23.5 Å². The fourth-order valence-corrected chi connectivity index (χ4v) is 6.92. The highest BCUT2D eigenvalue weighted by atomic mass is 19.1. The molecule has 0 radical (unpaired) electrons. The standard InChI is InChI=1S/C22H29F2NO3/c1-20-11-18(27)22(24)15(13(20)5-6-14(20)19(28)25(3)4)10-17(23)16-9-12(26)7-8-21(16,22)2/h7-9,13-15,17-18,27H,5-6,10-11H2,1-4H3/t13?,14?,15?,17-,18?,20?,21?,22-/m0/s1. The molecule has 0 aromatic rings. The first-order chi connectivity index (χ1) is 13.0. The molecule has 6 heteroatoms. The lowest BCUT2D eigenvalue weighted by molar-refractivity contribution is -0.202. The van der Waals surface area contributed by atoms with Gasteiger partial charge in [-0.2, -0.15) is 0 Å². The van der Waals surface area contributed by atoms with Gasteiger partial charge in [-0.15, -0.1) is 0 Å². The number of carbonyl (C=O) groups excluding carboxylic acids is 2. The minimum Gasteiger partial charge on any atom is -0.390 e. The van der Waals surface area contributed by atoms with Gasteiger partial charge in [0, 0.05) is 31.3 Å². The zero-order chi connectivity index (χ0) is 20.6. The third-order valence-electron chi connectivity index (χ3n) is 8.36. The van der Waals surface area contributed by atoms with Crippen molar-refractivity contribution >= 4 is 11.7 Å². The third kappa shape index (κ3) is 2.24. The van der Waals surface area contributed by atoms with Gasteiger partial charge in [-0.3, -0.25) is 9.59 Å². The van der Waals surface area contributed by atoms with E-state index in [0.29, 0.717) is 12.8 Å². The van der Waals surface area contributed by atoms with Crippen LogP contribution in [-0.2, 0) is 9.59 Å². The van der Waals surface area contributed by atoms with Crippen LogP contribution in [-0.4, -0.2) is 53.7 Å². The highest BCUT2D eigenvalue weighted by Crippen LogP contribution is 2.69. The van der Waals surface area contributed by atoms with Crippen molar-refractivity contribution in [2.45, 2.75) is 57.5 Å². The molecule has 4 nitrogen and oxygen atoms in total. The lowest BCUT2D eigenvalue weighted by atomic mass is 9.45. The number of aliphatic hydroxyl groups is 1. The molecule has 0 heterocycles. The third-order valence-corrected chi connectivity index (χ3v) is 8.36. The Morgan fingerprint density at radius 2 is 1.93 bits per heavy atom. The number of amides is 1. The first-order valence-electron chi connectivity index (χ1n) is 10.1. The maximum absolute atomic E-state index is 16.8. The molecule has 6 unspecified atom stereocenters. The highest BCUT2D eigenvalue weighted by molar-refractivity contribution is 6.01. The Hall–Kier alpha value is -1.56. The minimum absolute atomic E-state index is 0.00822. The van der Waals surface area contributed by atoms with E-state index < -0.39 is 34.7 Å². The van der Waals surface area contributed by atoms with Crippen LogP contribution in [0.25, 0.3) is 0 Å². The molecule has 0 spiro atoms. The molecule has 0 saturated heterocycles. The molecule has 28 heavy (non-hydrogen) atoms. The van der Waals surface area contributed by atoms with E-state index in [1.54, 1.807) is 25.9 Å². The quantitative estimate of drug-likeness (QED) is 0.745. The molecule has 4 rings (SSSR count). The van der Waals surface area contributed by atoms with Gasteiger partial charge in [-0.25, -0.2) is 8.78 Å². The number of nitrogens with zero attached hydrogens (tertiary/aromatic N) is 1. The minimum atomic E-state index is -2.06. The normalized spacial score (nSPS) is 49.8. The molecule has 0 aromatic heterocycles. The van der Waals surface area contributed by atoms with E-state index in [9.17, 15) is 14.7 Å². The van der Waals surface area contributed by atoms with E-state index in [0.717, 1.165) is 0 Å². The van der Waals surface area contributed by atoms with Gasteiger partial charge in [0.25, 0.3) is 0 Å². The Morgan fingerprint density at radius 1 is 1.25 bits per heavy atom. The molecule has 154 valence electrons. The zero-order valence-electron chi connectivity index (χ0n) is 16.9. The van der Waals surface area contributed by atoms with Gasteiger partial charge < -0.3 is 10.0 Å². The van der Waals surface area contributed by atoms with Crippen LogP contribution in [0.5, 0.6) is 0 Å². The summed E-state index contributed by atoms with van der Waals surface area (Å²) in [6, 6.07) is 0. The Morgan fingerprint density at radius 3 is 2.57 bits per heavy atom. The maximum Gasteiger partial charge on any atom is 0.225 e. The second kappa shape index (κ2) is 5.97. The number of fused-ring (bicyclic) bond motifs is 5. The maximum atomic E-state index is 16.8. The topological polar surface area (TPSA) is 57.6 Å². The summed E-state index contributed by atoms with van der Waals surface area (Å²) < 4.78 is 32.0. The summed E-state index contributed by atoms with van der Waals surface area (Å²) >= 11 is 0. The number of carbonyl (C=O) groups is 2. The second-order valence-corrected chi connectivity index (χ2v) is 9.81. The number of halogens is 2. The SMILES string of the molecule is CN(C)C(=O)C1CCC2C3C[C@H](F)C4=CC(=O)C=CC4(C)[C@@]3(F)C(O)CC12C. The Balaban J connectivity index is 1.80. The Kier molecular flexibility index (Phi) is 4.21. The van der Waals surface area contributed by atoms with Gasteiger partial charge in [-0.1, -0.05) is 13.0 Å². The van der Waals surface area contributed by atoms with Crippen LogP contribution < -0.4 is 0 Å². The van der Waals surface area contributed by atoms with Crippen LogP contribution in [0, 0.1) is 28.6 Å². The van der Waals surface area contributed by atoms with Crippen LogP contribution in [0.1, 0.15) is 39.5 Å². The number of hydrogen-bond acceptors (Lipinski definition) is 3. The lowest BCUT2D eigenvalue weighted by Crippen LogP contribution is -2.68. The summed E-state index contributed by atoms with van der Waals surface area (Å²) in [5, 5.41) is 11.1. The predicted molar refractivity (Wildman–Crippen MR) is 101 cm³/mol. The summed E-state index contributed by atoms with van der Waals surface area (Å²) in [6.07, 6.45) is 2.57. The van der Waals surface area contributed by atoms with Crippen molar-refractivity contribution in [2.24, 2.45) is 28.6 Å². The molecule has 4 aliphatic rings. The summed E-state index contributed by atoms with van der Waals surface area (Å²) in [6.45, 7) is 3.56. The largest absolute Gasteiger partial charge is 0.390 e.